The molecule has 0 aliphatic carbocycles. The van der Waals surface area contributed by atoms with E-state index in [0.717, 1.165) is 28.9 Å². The van der Waals surface area contributed by atoms with Crippen molar-refractivity contribution in [2.24, 2.45) is 0 Å². The number of carbonyl (C=O) groups is 1. The summed E-state index contributed by atoms with van der Waals surface area (Å²) in [6.45, 7) is 2.45. The number of pyridine rings is 1. The van der Waals surface area contributed by atoms with Gasteiger partial charge in [0, 0.05) is 24.9 Å². The molecule has 1 aromatic heterocycles. The second kappa shape index (κ2) is 6.84. The summed E-state index contributed by atoms with van der Waals surface area (Å²) in [5, 5.41) is 3.48. The van der Waals surface area contributed by atoms with E-state index in [1.807, 2.05) is 25.1 Å². The number of aromatic nitrogens is 1. The van der Waals surface area contributed by atoms with Crippen LogP contribution in [0.15, 0.2) is 42.7 Å². The summed E-state index contributed by atoms with van der Waals surface area (Å²) in [4.78, 5) is 15.9. The fraction of sp³-hybridized carbons (Fsp3) is 0.222. The number of nitrogens with zero attached hydrogens (tertiary/aromatic N) is 1. The standard InChI is InChI=1S/C18H17ClN2O2/c1-12-7-14-9-15(23-18(14)16(19)8-12)11-21-17(22)5-4-13-3-2-6-20-10-13/h2-8,10,15H,9,11H2,1H3,(H,21,22). The highest BCUT2D eigenvalue weighted by Crippen LogP contribution is 2.36. The Kier molecular flexibility index (Phi) is 4.63. The smallest absolute Gasteiger partial charge is 0.244 e. The first-order valence-electron chi connectivity index (χ1n) is 7.43. The molecular formula is C18H17ClN2O2. The molecule has 5 heteroatoms. The molecule has 4 nitrogen and oxygen atoms in total. The minimum Gasteiger partial charge on any atom is -0.486 e. The van der Waals surface area contributed by atoms with Crippen LogP contribution in [0.4, 0.5) is 0 Å². The zero-order valence-electron chi connectivity index (χ0n) is 12.8. The van der Waals surface area contributed by atoms with Gasteiger partial charge in [0.1, 0.15) is 11.9 Å². The van der Waals surface area contributed by atoms with Crippen molar-refractivity contribution in [2.45, 2.75) is 19.4 Å². The summed E-state index contributed by atoms with van der Waals surface area (Å²) in [6, 6.07) is 7.67. The number of hydrogen-bond donors (Lipinski definition) is 1. The summed E-state index contributed by atoms with van der Waals surface area (Å²) < 4.78 is 5.83. The van der Waals surface area contributed by atoms with Gasteiger partial charge in [0.2, 0.25) is 5.91 Å². The van der Waals surface area contributed by atoms with E-state index in [0.29, 0.717) is 11.6 Å². The Labute approximate surface area is 140 Å². The van der Waals surface area contributed by atoms with Crippen LogP contribution in [-0.4, -0.2) is 23.5 Å². The number of halogens is 1. The van der Waals surface area contributed by atoms with Crippen molar-refractivity contribution in [3.8, 4) is 5.75 Å². The predicted molar refractivity (Wildman–Crippen MR) is 90.6 cm³/mol. The molecule has 1 aliphatic heterocycles. The third kappa shape index (κ3) is 3.90. The lowest BCUT2D eigenvalue weighted by atomic mass is 10.1. The van der Waals surface area contributed by atoms with Crippen molar-refractivity contribution >= 4 is 23.6 Å². The Balaban J connectivity index is 1.53. The van der Waals surface area contributed by atoms with Crippen molar-refractivity contribution in [1.29, 1.82) is 0 Å². The summed E-state index contributed by atoms with van der Waals surface area (Å²) in [5.74, 6) is 0.582. The number of ether oxygens (including phenoxy) is 1. The highest BCUT2D eigenvalue weighted by Gasteiger charge is 2.25. The first-order chi connectivity index (χ1) is 11.1. The van der Waals surface area contributed by atoms with Crippen LogP contribution in [0.1, 0.15) is 16.7 Å². The fourth-order valence-corrected chi connectivity index (χ4v) is 2.91. The second-order valence-corrected chi connectivity index (χ2v) is 5.95. The minimum atomic E-state index is -0.157. The largest absolute Gasteiger partial charge is 0.486 e. The van der Waals surface area contributed by atoms with E-state index in [9.17, 15) is 4.79 Å². The van der Waals surface area contributed by atoms with Gasteiger partial charge in [0.05, 0.1) is 11.6 Å². The van der Waals surface area contributed by atoms with Crippen LogP contribution in [0.5, 0.6) is 5.75 Å². The Bertz CT molecular complexity index is 744. The van der Waals surface area contributed by atoms with E-state index in [4.69, 9.17) is 16.3 Å². The van der Waals surface area contributed by atoms with E-state index in [2.05, 4.69) is 16.4 Å². The van der Waals surface area contributed by atoms with E-state index in [1.165, 1.54) is 6.08 Å². The number of benzene rings is 1. The van der Waals surface area contributed by atoms with Gasteiger partial charge >= 0.3 is 0 Å². The van der Waals surface area contributed by atoms with Crippen LogP contribution in [0, 0.1) is 6.92 Å². The lowest BCUT2D eigenvalue weighted by Crippen LogP contribution is -2.33. The van der Waals surface area contributed by atoms with Gasteiger partial charge in [-0.1, -0.05) is 23.7 Å². The molecule has 0 saturated carbocycles. The topological polar surface area (TPSA) is 51.2 Å². The molecule has 2 heterocycles. The number of carbonyl (C=O) groups excluding carboxylic acids is 1. The third-order valence-corrected chi connectivity index (χ3v) is 3.89. The molecule has 1 atom stereocenters. The second-order valence-electron chi connectivity index (χ2n) is 5.54. The van der Waals surface area contributed by atoms with Crippen molar-refractivity contribution in [3.63, 3.8) is 0 Å². The SMILES string of the molecule is Cc1cc(Cl)c2c(c1)CC(CNC(=O)C=Cc1cccnc1)O2. The number of hydrogen-bond acceptors (Lipinski definition) is 3. The monoisotopic (exact) mass is 328 g/mol. The Morgan fingerprint density at radius 2 is 2.39 bits per heavy atom. The zero-order valence-corrected chi connectivity index (χ0v) is 13.5. The number of aryl methyl sites for hydroxylation is 1. The Morgan fingerprint density at radius 3 is 3.17 bits per heavy atom. The van der Waals surface area contributed by atoms with Crippen LogP contribution in [-0.2, 0) is 11.2 Å². The molecule has 0 saturated heterocycles. The lowest BCUT2D eigenvalue weighted by molar-refractivity contribution is -0.116. The maximum absolute atomic E-state index is 11.9. The zero-order chi connectivity index (χ0) is 16.2. The van der Waals surface area contributed by atoms with Crippen LogP contribution >= 0.6 is 11.6 Å². The molecule has 2 aromatic rings. The quantitative estimate of drug-likeness (QED) is 0.877. The van der Waals surface area contributed by atoms with Crippen LogP contribution < -0.4 is 10.1 Å². The van der Waals surface area contributed by atoms with Crippen molar-refractivity contribution in [2.75, 3.05) is 6.54 Å². The first kappa shape index (κ1) is 15.6. The van der Waals surface area contributed by atoms with E-state index < -0.39 is 0 Å². The number of rotatable bonds is 4. The molecule has 3 rings (SSSR count). The maximum atomic E-state index is 11.9. The molecule has 1 amide bonds. The van der Waals surface area contributed by atoms with Crippen LogP contribution in [0.2, 0.25) is 5.02 Å². The molecule has 1 aliphatic rings. The minimum absolute atomic E-state index is 0.0833. The van der Waals surface area contributed by atoms with Gasteiger partial charge in [-0.25, -0.2) is 0 Å². The van der Waals surface area contributed by atoms with Gasteiger partial charge in [0.15, 0.2) is 0 Å². The number of amides is 1. The van der Waals surface area contributed by atoms with Crippen LogP contribution in [0.25, 0.3) is 6.08 Å². The average molecular weight is 329 g/mol. The predicted octanol–water partition coefficient (Wildman–Crippen LogP) is 3.18. The number of fused-ring (bicyclic) bond motifs is 1. The van der Waals surface area contributed by atoms with Gasteiger partial charge in [-0.05, 0) is 41.8 Å². The van der Waals surface area contributed by atoms with Gasteiger partial charge in [0.25, 0.3) is 0 Å². The fourth-order valence-electron chi connectivity index (χ4n) is 2.57. The first-order valence-corrected chi connectivity index (χ1v) is 7.81. The summed E-state index contributed by atoms with van der Waals surface area (Å²) in [7, 11) is 0. The van der Waals surface area contributed by atoms with E-state index >= 15 is 0 Å². The number of nitrogens with one attached hydrogen (secondary N) is 1. The summed E-state index contributed by atoms with van der Waals surface area (Å²) in [6.07, 6.45) is 7.29. The van der Waals surface area contributed by atoms with E-state index in [-0.39, 0.29) is 12.0 Å². The van der Waals surface area contributed by atoms with Crippen LogP contribution in [0.3, 0.4) is 0 Å². The van der Waals surface area contributed by atoms with Gasteiger partial charge in [-0.3, -0.25) is 9.78 Å². The highest BCUT2D eigenvalue weighted by atomic mass is 35.5. The average Bonchev–Trinajstić information content (AvgIpc) is 2.95. The summed E-state index contributed by atoms with van der Waals surface area (Å²) in [5.41, 5.74) is 3.09. The third-order valence-electron chi connectivity index (χ3n) is 3.61. The normalized spacial score (nSPS) is 16.2. The van der Waals surface area contributed by atoms with Gasteiger partial charge < -0.3 is 10.1 Å². The molecule has 1 N–H and O–H groups in total. The van der Waals surface area contributed by atoms with Crippen molar-refractivity contribution in [3.05, 3.63) is 64.4 Å². The van der Waals surface area contributed by atoms with Crippen molar-refractivity contribution in [1.82, 2.24) is 10.3 Å². The Morgan fingerprint density at radius 1 is 1.52 bits per heavy atom. The molecule has 118 valence electrons. The van der Waals surface area contributed by atoms with Crippen molar-refractivity contribution < 1.29 is 9.53 Å². The highest BCUT2D eigenvalue weighted by molar-refractivity contribution is 6.32. The van der Waals surface area contributed by atoms with E-state index in [1.54, 1.807) is 18.5 Å². The van der Waals surface area contributed by atoms with Gasteiger partial charge in [-0.15, -0.1) is 0 Å². The van der Waals surface area contributed by atoms with Gasteiger partial charge in [-0.2, -0.15) is 0 Å². The lowest BCUT2D eigenvalue weighted by Gasteiger charge is -2.11. The summed E-state index contributed by atoms with van der Waals surface area (Å²) >= 11 is 6.19. The molecule has 23 heavy (non-hydrogen) atoms. The molecule has 0 bridgehead atoms. The molecule has 1 unspecified atom stereocenters. The molecule has 0 spiro atoms. The molecule has 0 radical (unpaired) electrons. The molecular weight excluding hydrogens is 312 g/mol. The molecule has 0 fully saturated rings. The Hall–Kier alpha value is -2.33. The molecule has 1 aromatic carbocycles. The maximum Gasteiger partial charge on any atom is 0.244 e.